The van der Waals surface area contributed by atoms with E-state index >= 15 is 4.39 Å². The molecule has 2 unspecified atom stereocenters. The molecule has 0 saturated carbocycles. The normalized spacial score (nSPS) is 29.9. The first-order chi connectivity index (χ1) is 19.8. The second-order valence-electron chi connectivity index (χ2n) is 11.9. The van der Waals surface area contributed by atoms with E-state index in [0.29, 0.717) is 32.2 Å². The SMILES string of the molecule is CC(F)CN(C(=O)O)C1C[C@H]2CC[C@@H]1N2c1nc(OC[C@@]23CCCN2C[C@H](F)C3)nc2c(F)c(Br)c(C(F)(F)F)cc12. The van der Waals surface area contributed by atoms with Crippen LogP contribution in [0.3, 0.4) is 0 Å². The van der Waals surface area contributed by atoms with Crippen molar-refractivity contribution in [2.45, 2.75) is 87.6 Å². The van der Waals surface area contributed by atoms with Crippen LogP contribution >= 0.6 is 15.9 Å². The zero-order chi connectivity index (χ0) is 30.1. The first-order valence-corrected chi connectivity index (χ1v) is 14.8. The van der Waals surface area contributed by atoms with E-state index in [9.17, 15) is 31.9 Å². The molecule has 6 atom stereocenters. The van der Waals surface area contributed by atoms with E-state index < -0.39 is 58.1 Å². The number of halogens is 7. The summed E-state index contributed by atoms with van der Waals surface area (Å²) >= 11 is 2.74. The molecule has 4 fully saturated rings. The fraction of sp³-hybridized carbons (Fsp3) is 0.667. The van der Waals surface area contributed by atoms with Crippen molar-refractivity contribution in [3.8, 4) is 6.01 Å². The number of hydrogen-bond acceptors (Lipinski definition) is 6. The Morgan fingerprint density at radius 2 is 2.10 bits per heavy atom. The smallest absolute Gasteiger partial charge is 0.417 e. The number of carboxylic acid groups (broad SMARTS) is 1. The summed E-state index contributed by atoms with van der Waals surface area (Å²) in [6.07, 6.45) is -5.42. The van der Waals surface area contributed by atoms with Crippen LogP contribution in [0.4, 0.5) is 37.0 Å². The van der Waals surface area contributed by atoms with Crippen LogP contribution in [-0.2, 0) is 6.18 Å². The molecule has 5 heterocycles. The van der Waals surface area contributed by atoms with Gasteiger partial charge in [0, 0.05) is 24.4 Å². The molecule has 230 valence electrons. The Morgan fingerprint density at radius 1 is 1.33 bits per heavy atom. The second-order valence-corrected chi connectivity index (χ2v) is 12.7. The van der Waals surface area contributed by atoms with Gasteiger partial charge in [0.25, 0.3) is 0 Å². The maximum absolute atomic E-state index is 15.6. The summed E-state index contributed by atoms with van der Waals surface area (Å²) in [6.45, 7) is 1.92. The minimum absolute atomic E-state index is 0.00361. The fourth-order valence-electron chi connectivity index (χ4n) is 7.53. The van der Waals surface area contributed by atoms with Gasteiger partial charge in [-0.15, -0.1) is 0 Å². The van der Waals surface area contributed by atoms with E-state index in [4.69, 9.17) is 4.74 Å². The zero-order valence-corrected chi connectivity index (χ0v) is 24.3. The summed E-state index contributed by atoms with van der Waals surface area (Å²) in [5.74, 6) is -1.24. The topological polar surface area (TPSA) is 82.0 Å². The van der Waals surface area contributed by atoms with Crippen molar-refractivity contribution in [3.05, 3.63) is 21.9 Å². The summed E-state index contributed by atoms with van der Waals surface area (Å²) < 4.78 is 90.8. The molecule has 8 nitrogen and oxygen atoms in total. The molecule has 15 heteroatoms. The van der Waals surface area contributed by atoms with Gasteiger partial charge in [-0.2, -0.15) is 23.1 Å². The van der Waals surface area contributed by atoms with Crippen molar-refractivity contribution in [1.82, 2.24) is 19.8 Å². The predicted octanol–water partition coefficient (Wildman–Crippen LogP) is 5.95. The van der Waals surface area contributed by atoms with Crippen LogP contribution in [-0.4, -0.2) is 93.2 Å². The Labute approximate surface area is 246 Å². The highest BCUT2D eigenvalue weighted by Gasteiger charge is 2.52. The summed E-state index contributed by atoms with van der Waals surface area (Å²) in [4.78, 5) is 25.5. The first-order valence-electron chi connectivity index (χ1n) is 14.0. The van der Waals surface area contributed by atoms with E-state index in [1.807, 2.05) is 4.90 Å². The number of anilines is 1. The van der Waals surface area contributed by atoms with Gasteiger partial charge < -0.3 is 19.6 Å². The minimum Gasteiger partial charge on any atom is -0.465 e. The Balaban J connectivity index is 1.43. The van der Waals surface area contributed by atoms with Gasteiger partial charge in [0.1, 0.15) is 30.3 Å². The molecule has 4 aliphatic rings. The molecule has 1 N–H and O–H groups in total. The zero-order valence-electron chi connectivity index (χ0n) is 22.7. The van der Waals surface area contributed by atoms with Gasteiger partial charge in [0.15, 0.2) is 5.82 Å². The van der Waals surface area contributed by atoms with Crippen LogP contribution in [0.25, 0.3) is 10.9 Å². The van der Waals surface area contributed by atoms with Crippen LogP contribution in [0.5, 0.6) is 6.01 Å². The van der Waals surface area contributed by atoms with Gasteiger partial charge in [-0.05, 0) is 67.6 Å². The van der Waals surface area contributed by atoms with Crippen molar-refractivity contribution in [2.24, 2.45) is 0 Å². The molecule has 1 aromatic heterocycles. The van der Waals surface area contributed by atoms with E-state index in [0.717, 1.165) is 17.4 Å². The molecule has 4 aliphatic heterocycles. The maximum atomic E-state index is 15.6. The summed E-state index contributed by atoms with van der Waals surface area (Å²) in [6, 6.07) is -0.962. The van der Waals surface area contributed by atoms with Crippen molar-refractivity contribution in [1.29, 1.82) is 0 Å². The molecule has 0 spiro atoms. The van der Waals surface area contributed by atoms with E-state index in [1.165, 1.54) is 6.92 Å². The highest BCUT2D eigenvalue weighted by molar-refractivity contribution is 9.10. The quantitative estimate of drug-likeness (QED) is 0.366. The van der Waals surface area contributed by atoms with Gasteiger partial charge in [-0.1, -0.05) is 0 Å². The molecule has 2 bridgehead atoms. The lowest BCUT2D eigenvalue weighted by Gasteiger charge is -2.33. The maximum Gasteiger partial charge on any atom is 0.417 e. The molecule has 2 aromatic rings. The number of ether oxygens (including phenoxy) is 1. The summed E-state index contributed by atoms with van der Waals surface area (Å²) in [5.41, 5.74) is -2.20. The number of alkyl halides is 5. The third kappa shape index (κ3) is 4.93. The lowest BCUT2D eigenvalue weighted by molar-refractivity contribution is -0.138. The van der Waals surface area contributed by atoms with Crippen LogP contribution in [0.15, 0.2) is 10.5 Å². The van der Waals surface area contributed by atoms with Crippen LogP contribution < -0.4 is 9.64 Å². The van der Waals surface area contributed by atoms with Gasteiger partial charge >= 0.3 is 18.3 Å². The Kier molecular flexibility index (Phi) is 7.42. The highest BCUT2D eigenvalue weighted by Crippen LogP contribution is 2.48. The van der Waals surface area contributed by atoms with E-state index in [1.54, 1.807) is 4.90 Å². The van der Waals surface area contributed by atoms with Gasteiger partial charge in [-0.3, -0.25) is 4.90 Å². The van der Waals surface area contributed by atoms with Crippen molar-refractivity contribution >= 4 is 38.7 Å². The largest absolute Gasteiger partial charge is 0.465 e. The minimum atomic E-state index is -4.89. The third-order valence-electron chi connectivity index (χ3n) is 9.21. The lowest BCUT2D eigenvalue weighted by Crippen LogP contribution is -2.49. The van der Waals surface area contributed by atoms with Crippen molar-refractivity contribution in [3.63, 3.8) is 0 Å². The molecular formula is C27H30BrF6N5O3. The Morgan fingerprint density at radius 3 is 2.79 bits per heavy atom. The average Bonchev–Trinajstić information content (AvgIpc) is 3.65. The number of aromatic nitrogens is 2. The molecular weight excluding hydrogens is 636 g/mol. The van der Waals surface area contributed by atoms with Crippen LogP contribution in [0.2, 0.25) is 0 Å². The van der Waals surface area contributed by atoms with Gasteiger partial charge in [0.2, 0.25) is 0 Å². The fourth-order valence-corrected chi connectivity index (χ4v) is 8.06. The number of amides is 1. The summed E-state index contributed by atoms with van der Waals surface area (Å²) in [7, 11) is 0. The molecule has 4 saturated heterocycles. The van der Waals surface area contributed by atoms with Crippen molar-refractivity contribution in [2.75, 3.05) is 31.1 Å². The molecule has 42 heavy (non-hydrogen) atoms. The number of nitrogens with zero attached hydrogens (tertiary/aromatic N) is 5. The highest BCUT2D eigenvalue weighted by atomic mass is 79.9. The van der Waals surface area contributed by atoms with E-state index in [2.05, 4.69) is 25.9 Å². The Bertz CT molecular complexity index is 1400. The summed E-state index contributed by atoms with van der Waals surface area (Å²) in [5, 5.41) is 9.63. The standard InChI is InChI=1S/C27H30BrF6N5O3/c1-13(29)10-38(25(40)41)19-7-15-3-4-18(19)39(15)23-16-8-17(27(32,33)34)20(28)21(31)22(16)35-24(36-23)42-12-26-5-2-6-37(26)11-14(30)9-26/h8,13-15,18-19H,2-7,9-12H2,1H3,(H,40,41)/t13?,14-,15-,18+,19?,26+/m1/s1. The lowest BCUT2D eigenvalue weighted by atomic mass is 9.94. The Hall–Kier alpha value is -2.55. The average molecular weight is 666 g/mol. The number of fused-ring (bicyclic) bond motifs is 4. The number of benzene rings is 1. The monoisotopic (exact) mass is 665 g/mol. The molecule has 1 amide bonds. The number of carbonyl (C=O) groups is 1. The predicted molar refractivity (Wildman–Crippen MR) is 144 cm³/mol. The molecule has 0 radical (unpaired) electrons. The van der Waals surface area contributed by atoms with Gasteiger partial charge in [0.05, 0.1) is 34.2 Å². The number of hydrogen-bond donors (Lipinski definition) is 1. The molecule has 1 aromatic carbocycles. The van der Waals surface area contributed by atoms with E-state index in [-0.39, 0.29) is 54.9 Å². The number of rotatable bonds is 7. The van der Waals surface area contributed by atoms with Crippen LogP contribution in [0, 0.1) is 5.82 Å². The van der Waals surface area contributed by atoms with Crippen LogP contribution in [0.1, 0.15) is 51.0 Å². The second kappa shape index (κ2) is 10.6. The molecule has 6 rings (SSSR count). The van der Waals surface area contributed by atoms with Gasteiger partial charge in [-0.25, -0.2) is 18.0 Å². The third-order valence-corrected chi connectivity index (χ3v) is 9.99. The molecule has 0 aliphatic carbocycles. The van der Waals surface area contributed by atoms with Crippen molar-refractivity contribution < 1.29 is 41.0 Å². The first kappa shape index (κ1) is 29.5.